The van der Waals surface area contributed by atoms with Gasteiger partial charge in [-0.1, -0.05) is 52.4 Å². The molecule has 0 unspecified atom stereocenters. The van der Waals surface area contributed by atoms with Crippen LogP contribution in [0.25, 0.3) is 0 Å². The van der Waals surface area contributed by atoms with Gasteiger partial charge in [-0.25, -0.2) is 0 Å². The van der Waals surface area contributed by atoms with Gasteiger partial charge in [0.2, 0.25) is 0 Å². The topological polar surface area (TPSA) is 20.2 Å². The molecule has 0 aromatic heterocycles. The minimum absolute atomic E-state index is 0.0394. The Morgan fingerprint density at radius 2 is 1.62 bits per heavy atom. The van der Waals surface area contributed by atoms with E-state index in [4.69, 9.17) is 0 Å². The normalized spacial score (nSPS) is 38.5. The van der Waals surface area contributed by atoms with Gasteiger partial charge >= 0.3 is 0 Å². The third-order valence-electron chi connectivity index (χ3n) is 4.52. The fourth-order valence-corrected chi connectivity index (χ4v) is 3.45. The Labute approximate surface area is 82.0 Å². The molecule has 0 saturated carbocycles. The van der Waals surface area contributed by atoms with Gasteiger partial charge in [-0.15, -0.1) is 0 Å². The molecule has 74 valence electrons. The summed E-state index contributed by atoms with van der Waals surface area (Å²) in [7, 11) is 0. The van der Waals surface area contributed by atoms with Crippen LogP contribution in [0, 0.1) is 5.92 Å². The van der Waals surface area contributed by atoms with Crippen molar-refractivity contribution in [3.05, 3.63) is 0 Å². The van der Waals surface area contributed by atoms with Crippen LogP contribution in [-0.2, 0) is 0 Å². The van der Waals surface area contributed by atoms with Crippen molar-refractivity contribution < 1.29 is 5.02 Å². The van der Waals surface area contributed by atoms with Gasteiger partial charge in [-0.3, -0.25) is 0 Å². The van der Waals surface area contributed by atoms with Crippen LogP contribution in [0.3, 0.4) is 0 Å². The maximum absolute atomic E-state index is 10.3. The lowest BCUT2D eigenvalue weighted by atomic mass is 9.38. The summed E-state index contributed by atoms with van der Waals surface area (Å²) in [5, 5.41) is 10.5. The third-order valence-corrected chi connectivity index (χ3v) is 4.52. The molecule has 2 heterocycles. The molecule has 0 aliphatic carbocycles. The van der Waals surface area contributed by atoms with Crippen LogP contribution in [0.5, 0.6) is 0 Å². The Balaban J connectivity index is 2.27. The van der Waals surface area contributed by atoms with Crippen molar-refractivity contribution in [3.8, 4) is 0 Å². The van der Waals surface area contributed by atoms with Gasteiger partial charge in [0.25, 0.3) is 6.92 Å². The Morgan fingerprint density at radius 1 is 1.08 bits per heavy atom. The van der Waals surface area contributed by atoms with E-state index in [1.807, 2.05) is 0 Å². The van der Waals surface area contributed by atoms with Crippen LogP contribution in [0.15, 0.2) is 0 Å². The minimum atomic E-state index is -0.0394. The SMILES string of the molecule is CC1(C)B(O)C2CCCC1CCC2. The highest BCUT2D eigenvalue weighted by Crippen LogP contribution is 2.53. The zero-order valence-corrected chi connectivity index (χ0v) is 8.92. The van der Waals surface area contributed by atoms with Crippen LogP contribution in [0.2, 0.25) is 11.1 Å². The molecule has 0 amide bonds. The van der Waals surface area contributed by atoms with E-state index < -0.39 is 0 Å². The zero-order valence-electron chi connectivity index (χ0n) is 8.92. The first-order valence-corrected chi connectivity index (χ1v) is 5.80. The Bertz CT molecular complexity index is 177. The van der Waals surface area contributed by atoms with Gasteiger partial charge in [0, 0.05) is 0 Å². The first-order valence-electron chi connectivity index (χ1n) is 5.80. The van der Waals surface area contributed by atoms with Gasteiger partial charge in [0.15, 0.2) is 0 Å². The standard InChI is InChI=1S/C11H21BO/c1-11(2)9-5-3-7-10(12(11)13)8-4-6-9/h9-10,13H,3-8H2,1-2H3. The van der Waals surface area contributed by atoms with E-state index in [1.54, 1.807) is 0 Å². The molecule has 2 fully saturated rings. The molecule has 1 N–H and O–H groups in total. The summed E-state index contributed by atoms with van der Waals surface area (Å²) in [6.45, 7) is 4.50. The monoisotopic (exact) mass is 180 g/mol. The molecule has 0 radical (unpaired) electrons. The summed E-state index contributed by atoms with van der Waals surface area (Å²) >= 11 is 0. The van der Waals surface area contributed by atoms with Crippen molar-refractivity contribution in [1.29, 1.82) is 0 Å². The molecule has 2 rings (SSSR count). The predicted molar refractivity (Wildman–Crippen MR) is 57.0 cm³/mol. The molecular weight excluding hydrogens is 159 g/mol. The lowest BCUT2D eigenvalue weighted by Gasteiger charge is -2.34. The summed E-state index contributed by atoms with van der Waals surface area (Å²) in [5.74, 6) is 1.37. The summed E-state index contributed by atoms with van der Waals surface area (Å²) in [5.41, 5.74) is 0. The van der Waals surface area contributed by atoms with Gasteiger partial charge in [-0.2, -0.15) is 0 Å². The minimum Gasteiger partial charge on any atom is -0.450 e. The molecule has 2 heteroatoms. The second-order valence-corrected chi connectivity index (χ2v) is 5.59. The molecular formula is C11H21BO. The predicted octanol–water partition coefficient (Wildman–Crippen LogP) is 3.10. The summed E-state index contributed by atoms with van der Waals surface area (Å²) in [6, 6.07) is 0. The highest BCUT2D eigenvalue weighted by Gasteiger charge is 2.47. The first kappa shape index (κ1) is 9.58. The van der Waals surface area contributed by atoms with Crippen molar-refractivity contribution in [2.75, 3.05) is 0 Å². The molecule has 2 aliphatic rings. The van der Waals surface area contributed by atoms with Crippen molar-refractivity contribution in [3.63, 3.8) is 0 Å². The summed E-state index contributed by atoms with van der Waals surface area (Å²) in [4.78, 5) is 0. The molecule has 13 heavy (non-hydrogen) atoms. The Hall–Kier alpha value is 0.0249. The highest BCUT2D eigenvalue weighted by molar-refractivity contribution is 6.56. The molecule has 0 atom stereocenters. The van der Waals surface area contributed by atoms with E-state index in [0.29, 0.717) is 5.82 Å². The average molecular weight is 180 g/mol. The largest absolute Gasteiger partial charge is 0.450 e. The lowest BCUT2D eigenvalue weighted by molar-refractivity contribution is 0.321. The first-order chi connectivity index (χ1) is 6.12. The Morgan fingerprint density at radius 3 is 2.15 bits per heavy atom. The smallest absolute Gasteiger partial charge is 0.298 e. The molecule has 0 aromatic carbocycles. The highest BCUT2D eigenvalue weighted by atomic mass is 16.2. The van der Waals surface area contributed by atoms with Crippen molar-refractivity contribution in [1.82, 2.24) is 0 Å². The van der Waals surface area contributed by atoms with Crippen LogP contribution in [0.4, 0.5) is 0 Å². The van der Waals surface area contributed by atoms with Crippen LogP contribution in [-0.4, -0.2) is 11.9 Å². The summed E-state index contributed by atoms with van der Waals surface area (Å²) in [6.07, 6.45) is 7.91. The van der Waals surface area contributed by atoms with Gasteiger partial charge in [-0.05, 0) is 17.0 Å². The third kappa shape index (κ3) is 1.54. The second-order valence-electron chi connectivity index (χ2n) is 5.59. The Kier molecular flexibility index (Phi) is 2.44. The van der Waals surface area contributed by atoms with Crippen LogP contribution >= 0.6 is 0 Å². The lowest BCUT2D eigenvalue weighted by Crippen LogP contribution is -2.34. The van der Waals surface area contributed by atoms with Crippen molar-refractivity contribution >= 4 is 6.92 Å². The maximum atomic E-state index is 10.3. The quantitative estimate of drug-likeness (QED) is 0.568. The van der Waals surface area contributed by atoms with Gasteiger partial charge in [0.1, 0.15) is 0 Å². The molecule has 0 aromatic rings. The van der Waals surface area contributed by atoms with Gasteiger partial charge < -0.3 is 5.02 Å². The zero-order chi connectivity index (χ0) is 9.47. The van der Waals surface area contributed by atoms with Crippen molar-refractivity contribution in [2.45, 2.75) is 63.5 Å². The van der Waals surface area contributed by atoms with E-state index in [9.17, 15) is 5.02 Å². The molecule has 0 spiro atoms. The van der Waals surface area contributed by atoms with Crippen LogP contribution < -0.4 is 0 Å². The fraction of sp³-hybridized carbons (Fsp3) is 1.00. The fourth-order valence-electron chi connectivity index (χ4n) is 3.45. The van der Waals surface area contributed by atoms with Crippen molar-refractivity contribution in [2.24, 2.45) is 5.92 Å². The summed E-state index contributed by atoms with van der Waals surface area (Å²) < 4.78 is 0. The molecule has 2 bridgehead atoms. The number of rotatable bonds is 0. The van der Waals surface area contributed by atoms with E-state index in [1.165, 1.54) is 38.5 Å². The van der Waals surface area contributed by atoms with E-state index in [0.717, 1.165) is 5.92 Å². The molecule has 2 aliphatic heterocycles. The molecule has 1 nitrogen and oxygen atoms in total. The molecule has 2 saturated heterocycles. The maximum Gasteiger partial charge on any atom is 0.298 e. The van der Waals surface area contributed by atoms with Crippen LogP contribution in [0.1, 0.15) is 52.4 Å². The second kappa shape index (κ2) is 3.31. The number of fused-ring (bicyclic) bond motifs is 3. The van der Waals surface area contributed by atoms with E-state index in [-0.39, 0.29) is 12.2 Å². The van der Waals surface area contributed by atoms with Gasteiger partial charge in [0.05, 0.1) is 0 Å². The number of hydrogen-bond acceptors (Lipinski definition) is 1. The number of hydrogen-bond donors (Lipinski definition) is 1. The average Bonchev–Trinajstić information content (AvgIpc) is 2.16. The van der Waals surface area contributed by atoms with E-state index in [2.05, 4.69) is 13.8 Å². The van der Waals surface area contributed by atoms with E-state index >= 15 is 0 Å².